The van der Waals surface area contributed by atoms with Gasteiger partial charge in [-0.2, -0.15) is 17.5 Å². The Morgan fingerprint density at radius 3 is 2.26 bits per heavy atom. The van der Waals surface area contributed by atoms with Gasteiger partial charge in [0.1, 0.15) is 0 Å². The van der Waals surface area contributed by atoms with Gasteiger partial charge in [-0.15, -0.1) is 0 Å². The third-order valence-electron chi connectivity index (χ3n) is 3.94. The summed E-state index contributed by atoms with van der Waals surface area (Å²) in [6.07, 6.45) is -4.16. The Morgan fingerprint density at radius 1 is 1.26 bits per heavy atom. The van der Waals surface area contributed by atoms with Crippen LogP contribution in [-0.4, -0.2) is 36.9 Å². The molecule has 1 aliphatic heterocycles. The second-order valence-corrected chi connectivity index (χ2v) is 7.43. The molecule has 0 unspecified atom stereocenters. The first-order chi connectivity index (χ1) is 10.5. The number of benzene rings is 1. The van der Waals surface area contributed by atoms with E-state index < -0.39 is 33.7 Å². The van der Waals surface area contributed by atoms with E-state index in [0.717, 1.165) is 22.5 Å². The smallest absolute Gasteiger partial charge is 0.416 e. The number of nitrogens with zero attached hydrogens (tertiary/aromatic N) is 1. The quantitative estimate of drug-likeness (QED) is 0.908. The van der Waals surface area contributed by atoms with Crippen LogP contribution in [0.3, 0.4) is 0 Å². The number of carboxylic acids is 1. The molecule has 0 aliphatic carbocycles. The van der Waals surface area contributed by atoms with Gasteiger partial charge in [-0.25, -0.2) is 8.42 Å². The molecule has 0 spiro atoms. The largest absolute Gasteiger partial charge is 0.481 e. The first-order valence-electron chi connectivity index (χ1n) is 6.94. The molecule has 0 atom stereocenters. The van der Waals surface area contributed by atoms with Gasteiger partial charge in [-0.1, -0.05) is 0 Å². The van der Waals surface area contributed by atoms with E-state index in [-0.39, 0.29) is 36.4 Å². The molecular formula is C14H16F3NO4S. The molecule has 0 radical (unpaired) electrons. The van der Waals surface area contributed by atoms with Crippen LogP contribution >= 0.6 is 0 Å². The van der Waals surface area contributed by atoms with Crippen molar-refractivity contribution in [1.29, 1.82) is 0 Å². The summed E-state index contributed by atoms with van der Waals surface area (Å²) in [6, 6.07) is 2.70. The van der Waals surface area contributed by atoms with Gasteiger partial charge in [-0.3, -0.25) is 4.79 Å². The second-order valence-electron chi connectivity index (χ2n) is 5.49. The molecule has 128 valence electrons. The molecule has 0 saturated carbocycles. The highest BCUT2D eigenvalue weighted by Crippen LogP contribution is 2.33. The van der Waals surface area contributed by atoms with Crippen LogP contribution in [-0.2, 0) is 21.0 Å². The summed E-state index contributed by atoms with van der Waals surface area (Å²) in [6.45, 7) is 1.29. The first-order valence-corrected chi connectivity index (χ1v) is 8.38. The van der Waals surface area contributed by atoms with Crippen molar-refractivity contribution in [3.8, 4) is 0 Å². The number of piperidine rings is 1. The van der Waals surface area contributed by atoms with E-state index >= 15 is 0 Å². The summed E-state index contributed by atoms with van der Waals surface area (Å²) in [5.41, 5.74) is -1.04. The maximum absolute atomic E-state index is 12.7. The van der Waals surface area contributed by atoms with Crippen molar-refractivity contribution in [3.05, 3.63) is 29.3 Å². The normalized spacial score (nSPS) is 18.1. The molecule has 1 heterocycles. The number of aliphatic carboxylic acids is 1. The maximum atomic E-state index is 12.7. The van der Waals surface area contributed by atoms with E-state index in [1.54, 1.807) is 0 Å². The van der Waals surface area contributed by atoms with Crippen LogP contribution in [0.4, 0.5) is 13.2 Å². The molecule has 1 aromatic carbocycles. The van der Waals surface area contributed by atoms with Crippen LogP contribution in [0.5, 0.6) is 0 Å². The minimum absolute atomic E-state index is 0.0410. The van der Waals surface area contributed by atoms with E-state index in [9.17, 15) is 26.4 Å². The number of hydrogen-bond acceptors (Lipinski definition) is 3. The van der Waals surface area contributed by atoms with Gasteiger partial charge in [-0.05, 0) is 43.5 Å². The zero-order chi connectivity index (χ0) is 17.4. The lowest BCUT2D eigenvalue weighted by atomic mass is 9.99. The topological polar surface area (TPSA) is 74.7 Å². The number of carbonyl (C=O) groups is 1. The van der Waals surface area contributed by atoms with E-state index in [2.05, 4.69) is 0 Å². The minimum Gasteiger partial charge on any atom is -0.481 e. The predicted octanol–water partition coefficient (Wildman–Crippen LogP) is 2.50. The standard InChI is InChI=1S/C14H16F3NO4S/c1-9-8-11(2-3-12(9)14(15,16)17)23(21,22)18-6-4-10(5-7-18)13(19)20/h2-3,8,10H,4-7H2,1H3,(H,19,20). The SMILES string of the molecule is Cc1cc(S(=O)(=O)N2CCC(C(=O)O)CC2)ccc1C(F)(F)F. The lowest BCUT2D eigenvalue weighted by Crippen LogP contribution is -2.40. The summed E-state index contributed by atoms with van der Waals surface area (Å²) in [4.78, 5) is 10.7. The third kappa shape index (κ3) is 3.66. The molecule has 9 heteroatoms. The number of halogens is 3. The maximum Gasteiger partial charge on any atom is 0.416 e. The van der Waals surface area contributed by atoms with Crippen molar-refractivity contribution >= 4 is 16.0 Å². The Morgan fingerprint density at radius 2 is 1.83 bits per heavy atom. The van der Waals surface area contributed by atoms with Crippen molar-refractivity contribution in [2.75, 3.05) is 13.1 Å². The van der Waals surface area contributed by atoms with Crippen LogP contribution in [0.25, 0.3) is 0 Å². The molecule has 23 heavy (non-hydrogen) atoms. The Balaban J connectivity index is 2.24. The summed E-state index contributed by atoms with van der Waals surface area (Å²) in [7, 11) is -3.92. The van der Waals surface area contributed by atoms with Crippen molar-refractivity contribution < 1.29 is 31.5 Å². The van der Waals surface area contributed by atoms with Crippen LogP contribution in [0.1, 0.15) is 24.0 Å². The number of alkyl halides is 3. The molecule has 0 bridgehead atoms. The fraction of sp³-hybridized carbons (Fsp3) is 0.500. The Bertz CT molecular complexity index is 707. The molecule has 0 amide bonds. The lowest BCUT2D eigenvalue weighted by Gasteiger charge is -2.29. The number of aryl methyl sites for hydroxylation is 1. The molecule has 1 aromatic rings. The van der Waals surface area contributed by atoms with Gasteiger partial charge in [0, 0.05) is 13.1 Å². The van der Waals surface area contributed by atoms with Crippen molar-refractivity contribution in [3.63, 3.8) is 0 Å². The third-order valence-corrected chi connectivity index (χ3v) is 5.84. The summed E-state index contributed by atoms with van der Waals surface area (Å²) < 4.78 is 64.3. The molecule has 1 N–H and O–H groups in total. The van der Waals surface area contributed by atoms with Gasteiger partial charge in [0.2, 0.25) is 10.0 Å². The molecule has 0 aromatic heterocycles. The number of carboxylic acid groups (broad SMARTS) is 1. The molecular weight excluding hydrogens is 335 g/mol. The highest BCUT2D eigenvalue weighted by atomic mass is 32.2. The average Bonchev–Trinajstić information content (AvgIpc) is 2.45. The van der Waals surface area contributed by atoms with Gasteiger partial charge >= 0.3 is 12.1 Å². The Labute approximate surface area is 131 Å². The summed E-state index contributed by atoms with van der Waals surface area (Å²) >= 11 is 0. The van der Waals surface area contributed by atoms with Crippen molar-refractivity contribution in [2.24, 2.45) is 5.92 Å². The second kappa shape index (κ2) is 6.12. The van der Waals surface area contributed by atoms with Gasteiger partial charge in [0.15, 0.2) is 0 Å². The molecule has 1 fully saturated rings. The van der Waals surface area contributed by atoms with E-state index in [1.807, 2.05) is 0 Å². The predicted molar refractivity (Wildman–Crippen MR) is 75.3 cm³/mol. The van der Waals surface area contributed by atoms with Crippen LogP contribution in [0.15, 0.2) is 23.1 Å². The monoisotopic (exact) mass is 351 g/mol. The Kier molecular flexibility index (Phi) is 4.72. The highest BCUT2D eigenvalue weighted by molar-refractivity contribution is 7.89. The lowest BCUT2D eigenvalue weighted by molar-refractivity contribution is -0.143. The number of hydrogen-bond donors (Lipinski definition) is 1. The van der Waals surface area contributed by atoms with E-state index in [0.29, 0.717) is 0 Å². The minimum atomic E-state index is -4.54. The van der Waals surface area contributed by atoms with Crippen molar-refractivity contribution in [1.82, 2.24) is 4.31 Å². The van der Waals surface area contributed by atoms with Gasteiger partial charge in [0.05, 0.1) is 16.4 Å². The average molecular weight is 351 g/mol. The summed E-state index contributed by atoms with van der Waals surface area (Å²) in [5, 5.41) is 8.91. The fourth-order valence-corrected chi connectivity index (χ4v) is 4.16. The van der Waals surface area contributed by atoms with Gasteiger partial charge in [0.25, 0.3) is 0 Å². The first kappa shape index (κ1) is 17.7. The number of sulfonamides is 1. The Hall–Kier alpha value is -1.61. The zero-order valence-corrected chi connectivity index (χ0v) is 13.1. The van der Waals surface area contributed by atoms with Crippen LogP contribution in [0.2, 0.25) is 0 Å². The van der Waals surface area contributed by atoms with Gasteiger partial charge < -0.3 is 5.11 Å². The highest BCUT2D eigenvalue weighted by Gasteiger charge is 2.35. The molecule has 1 aliphatic rings. The molecule has 5 nitrogen and oxygen atoms in total. The van der Waals surface area contributed by atoms with Crippen LogP contribution in [0, 0.1) is 12.8 Å². The fourth-order valence-electron chi connectivity index (χ4n) is 2.61. The van der Waals surface area contributed by atoms with Crippen molar-refractivity contribution in [2.45, 2.75) is 30.8 Å². The summed E-state index contributed by atoms with van der Waals surface area (Å²) in [5.74, 6) is -1.55. The molecule has 2 rings (SSSR count). The zero-order valence-electron chi connectivity index (χ0n) is 12.3. The van der Waals surface area contributed by atoms with E-state index in [4.69, 9.17) is 5.11 Å². The molecule has 1 saturated heterocycles. The van der Waals surface area contributed by atoms with E-state index in [1.165, 1.54) is 6.92 Å². The number of rotatable bonds is 3. The van der Waals surface area contributed by atoms with Crippen LogP contribution < -0.4 is 0 Å².